The number of nitrogens with one attached hydrogen (secondary N) is 1. The highest BCUT2D eigenvalue weighted by Crippen LogP contribution is 2.30. The summed E-state index contributed by atoms with van der Waals surface area (Å²) in [5.41, 5.74) is 3.41. The number of carbonyl (C=O) groups excluding carboxylic acids is 1. The van der Waals surface area contributed by atoms with Gasteiger partial charge in [-0.2, -0.15) is 0 Å². The summed E-state index contributed by atoms with van der Waals surface area (Å²) < 4.78 is 5.73. The minimum absolute atomic E-state index is 0.0213. The molecule has 5 heteroatoms. The molecule has 1 saturated heterocycles. The predicted molar refractivity (Wildman–Crippen MR) is 115 cm³/mol. The maximum Gasteiger partial charge on any atom is 0.226 e. The third-order valence-electron chi connectivity index (χ3n) is 5.63. The molecule has 1 N–H and O–H groups in total. The van der Waals surface area contributed by atoms with Crippen molar-refractivity contribution in [2.75, 3.05) is 29.9 Å². The lowest BCUT2D eigenvalue weighted by Crippen LogP contribution is -2.31. The summed E-state index contributed by atoms with van der Waals surface area (Å²) in [5, 5.41) is 3.03. The Hall–Kier alpha value is -1.62. The van der Waals surface area contributed by atoms with E-state index in [4.69, 9.17) is 9.72 Å². The lowest BCUT2D eigenvalue weighted by atomic mass is 9.92. The van der Waals surface area contributed by atoms with Crippen LogP contribution in [-0.2, 0) is 16.0 Å². The van der Waals surface area contributed by atoms with E-state index in [0.29, 0.717) is 12.5 Å². The molecule has 1 atom stereocenters. The van der Waals surface area contributed by atoms with E-state index in [1.54, 1.807) is 0 Å². The van der Waals surface area contributed by atoms with Crippen LogP contribution in [0.15, 0.2) is 6.07 Å². The Bertz CT molecular complexity index is 675. The molecule has 1 unspecified atom stereocenters. The number of unbranched alkanes of at least 4 members (excludes halogenated alkanes) is 1. The highest BCUT2D eigenvalue weighted by atomic mass is 16.5. The van der Waals surface area contributed by atoms with Gasteiger partial charge < -0.3 is 15.0 Å². The van der Waals surface area contributed by atoms with E-state index in [0.717, 1.165) is 49.6 Å². The molecule has 1 aromatic heterocycles. The molecular weight excluding hydrogens is 350 g/mol. The van der Waals surface area contributed by atoms with Gasteiger partial charge >= 0.3 is 0 Å². The van der Waals surface area contributed by atoms with Gasteiger partial charge in [-0.15, -0.1) is 0 Å². The van der Waals surface area contributed by atoms with Crippen molar-refractivity contribution in [2.24, 2.45) is 5.41 Å². The van der Waals surface area contributed by atoms with Gasteiger partial charge in [0.25, 0.3) is 0 Å². The molecular formula is C23H37N3O2. The lowest BCUT2D eigenvalue weighted by molar-refractivity contribution is -0.117. The smallest absolute Gasteiger partial charge is 0.226 e. The summed E-state index contributed by atoms with van der Waals surface area (Å²) in [4.78, 5) is 19.6. The van der Waals surface area contributed by atoms with E-state index in [1.165, 1.54) is 37.8 Å². The number of amides is 1. The summed E-state index contributed by atoms with van der Waals surface area (Å²) >= 11 is 0. The molecule has 0 aromatic carbocycles. The Morgan fingerprint density at radius 2 is 2.14 bits per heavy atom. The van der Waals surface area contributed by atoms with Crippen LogP contribution in [0.1, 0.15) is 77.0 Å². The summed E-state index contributed by atoms with van der Waals surface area (Å²) in [6, 6.07) is 2.22. The first kappa shape index (κ1) is 21.1. The van der Waals surface area contributed by atoms with Crippen molar-refractivity contribution in [3.8, 4) is 0 Å². The average molecular weight is 388 g/mol. The zero-order valence-electron chi connectivity index (χ0n) is 18.1. The first-order valence-corrected chi connectivity index (χ1v) is 11.0. The van der Waals surface area contributed by atoms with Crippen molar-refractivity contribution >= 4 is 17.4 Å². The fraction of sp³-hybridized carbons (Fsp3) is 0.739. The van der Waals surface area contributed by atoms with Gasteiger partial charge in [0.2, 0.25) is 5.91 Å². The summed E-state index contributed by atoms with van der Waals surface area (Å²) in [6.45, 7) is 11.4. The van der Waals surface area contributed by atoms with E-state index < -0.39 is 0 Å². The van der Waals surface area contributed by atoms with Gasteiger partial charge in [0, 0.05) is 26.1 Å². The molecule has 0 spiro atoms. The van der Waals surface area contributed by atoms with E-state index in [2.05, 4.69) is 37.1 Å². The normalized spacial score (nSPS) is 19.6. The van der Waals surface area contributed by atoms with Crippen LogP contribution < -0.4 is 10.2 Å². The van der Waals surface area contributed by atoms with Crippen LogP contribution in [0.4, 0.5) is 11.5 Å². The van der Waals surface area contributed by atoms with Crippen molar-refractivity contribution < 1.29 is 9.53 Å². The number of rotatable bonds is 7. The molecule has 0 radical (unpaired) electrons. The number of hydrogen-bond donors (Lipinski definition) is 1. The van der Waals surface area contributed by atoms with Gasteiger partial charge in [-0.3, -0.25) is 4.79 Å². The van der Waals surface area contributed by atoms with Crippen molar-refractivity contribution in [1.82, 2.24) is 4.98 Å². The van der Waals surface area contributed by atoms with Gasteiger partial charge in [0.1, 0.15) is 5.82 Å². The van der Waals surface area contributed by atoms with E-state index >= 15 is 0 Å². The van der Waals surface area contributed by atoms with Crippen molar-refractivity contribution in [3.05, 3.63) is 17.3 Å². The van der Waals surface area contributed by atoms with E-state index in [-0.39, 0.29) is 11.3 Å². The molecule has 0 aliphatic carbocycles. The Labute approximate surface area is 170 Å². The van der Waals surface area contributed by atoms with Gasteiger partial charge in [0.15, 0.2) is 0 Å². The summed E-state index contributed by atoms with van der Waals surface area (Å²) in [5.74, 6) is 0.776. The summed E-state index contributed by atoms with van der Waals surface area (Å²) in [6.07, 6.45) is 9.19. The average Bonchev–Trinajstić information content (AvgIpc) is 3.11. The molecule has 156 valence electrons. The molecule has 2 aliphatic heterocycles. The molecule has 0 saturated carbocycles. The number of fused-ring (bicyclic) bond motifs is 1. The van der Waals surface area contributed by atoms with E-state index in [9.17, 15) is 4.79 Å². The van der Waals surface area contributed by atoms with Gasteiger partial charge in [0.05, 0.1) is 17.5 Å². The van der Waals surface area contributed by atoms with Crippen LogP contribution in [-0.4, -0.2) is 36.7 Å². The van der Waals surface area contributed by atoms with Crippen LogP contribution in [0.2, 0.25) is 0 Å². The van der Waals surface area contributed by atoms with Gasteiger partial charge in [-0.05, 0) is 68.9 Å². The number of nitrogens with zero attached hydrogens (tertiary/aromatic N) is 2. The lowest BCUT2D eigenvalue weighted by Gasteiger charge is -2.31. The maximum absolute atomic E-state index is 12.3. The quantitative estimate of drug-likeness (QED) is 0.679. The molecule has 3 heterocycles. The molecule has 1 amide bonds. The molecule has 1 aromatic rings. The number of hydrogen-bond acceptors (Lipinski definition) is 4. The number of aromatic nitrogens is 1. The molecule has 2 aliphatic rings. The van der Waals surface area contributed by atoms with Crippen molar-refractivity contribution in [2.45, 2.75) is 85.2 Å². The Kier molecular flexibility index (Phi) is 6.97. The highest BCUT2D eigenvalue weighted by Gasteiger charge is 2.22. The van der Waals surface area contributed by atoms with Crippen molar-refractivity contribution in [3.63, 3.8) is 0 Å². The van der Waals surface area contributed by atoms with Gasteiger partial charge in [-0.25, -0.2) is 4.98 Å². The number of ether oxygens (including phenoxy) is 1. The fourth-order valence-electron chi connectivity index (χ4n) is 4.22. The van der Waals surface area contributed by atoms with Crippen LogP contribution in [0.25, 0.3) is 0 Å². The second-order valence-electron chi connectivity index (χ2n) is 9.63. The molecule has 28 heavy (non-hydrogen) atoms. The van der Waals surface area contributed by atoms with Crippen molar-refractivity contribution in [1.29, 1.82) is 0 Å². The summed E-state index contributed by atoms with van der Waals surface area (Å²) in [7, 11) is 0. The third-order valence-corrected chi connectivity index (χ3v) is 5.63. The Balaban J connectivity index is 1.58. The maximum atomic E-state index is 12.3. The van der Waals surface area contributed by atoms with Crippen LogP contribution in [0.3, 0.4) is 0 Å². The topological polar surface area (TPSA) is 54.5 Å². The second kappa shape index (κ2) is 9.25. The van der Waals surface area contributed by atoms with Crippen LogP contribution in [0.5, 0.6) is 0 Å². The molecule has 3 rings (SSSR count). The van der Waals surface area contributed by atoms with E-state index in [1.807, 2.05) is 6.92 Å². The van der Waals surface area contributed by atoms with Crippen LogP contribution >= 0.6 is 0 Å². The highest BCUT2D eigenvalue weighted by molar-refractivity contribution is 5.91. The largest absolute Gasteiger partial charge is 0.378 e. The third kappa shape index (κ3) is 5.94. The van der Waals surface area contributed by atoms with Gasteiger partial charge in [-0.1, -0.05) is 20.8 Å². The zero-order chi connectivity index (χ0) is 20.1. The SMILES string of the molecule is Cc1cc2c(nc1NC(=O)CC(C)(C)C)CCCN2CCCCC1CCCO1. The molecule has 0 bridgehead atoms. The number of pyridine rings is 1. The second-order valence-corrected chi connectivity index (χ2v) is 9.63. The minimum atomic E-state index is -0.0213. The Morgan fingerprint density at radius 3 is 2.86 bits per heavy atom. The number of carbonyl (C=O) groups is 1. The minimum Gasteiger partial charge on any atom is -0.378 e. The first-order chi connectivity index (χ1) is 13.3. The van der Waals surface area contributed by atoms with Crippen LogP contribution in [0, 0.1) is 12.3 Å². The first-order valence-electron chi connectivity index (χ1n) is 11.0. The number of anilines is 2. The number of aryl methyl sites for hydroxylation is 2. The molecule has 5 nitrogen and oxygen atoms in total. The predicted octanol–water partition coefficient (Wildman–Crippen LogP) is 4.87. The monoisotopic (exact) mass is 387 g/mol. The Morgan fingerprint density at radius 1 is 1.32 bits per heavy atom. The standard InChI is InChI=1S/C23H37N3O2/c1-17-15-20-19(24-22(17)25-21(27)16-23(2,3)4)11-7-13-26(20)12-6-5-9-18-10-8-14-28-18/h15,18H,5-14,16H2,1-4H3,(H,24,25,27). The zero-order valence-corrected chi connectivity index (χ0v) is 18.1. The fourth-order valence-corrected chi connectivity index (χ4v) is 4.22. The molecule has 1 fully saturated rings.